The number of imide groups is 1. The van der Waals surface area contributed by atoms with Crippen molar-refractivity contribution in [2.75, 3.05) is 18.6 Å². The Bertz CT molecular complexity index is 307. The molecule has 0 aliphatic heterocycles. The van der Waals surface area contributed by atoms with Gasteiger partial charge in [0.05, 0.1) is 6.29 Å². The summed E-state index contributed by atoms with van der Waals surface area (Å²) in [5, 5.41) is 8.86. The summed E-state index contributed by atoms with van der Waals surface area (Å²) in [6, 6.07) is -1.06. The van der Waals surface area contributed by atoms with Gasteiger partial charge in [-0.15, -0.1) is 0 Å². The Labute approximate surface area is 108 Å². The van der Waals surface area contributed by atoms with Gasteiger partial charge in [-0.25, -0.2) is 14.5 Å². The van der Waals surface area contributed by atoms with Crippen molar-refractivity contribution in [3.05, 3.63) is 0 Å². The Morgan fingerprint density at radius 2 is 1.61 bits per heavy atom. The van der Waals surface area contributed by atoms with Crippen LogP contribution in [0.4, 0.5) is 9.59 Å². The molecule has 0 aromatic rings. The highest BCUT2D eigenvalue weighted by molar-refractivity contribution is 7.63. The second kappa shape index (κ2) is 8.14. The molecule has 0 bridgehead atoms. The highest BCUT2D eigenvalue weighted by atomic mass is 31.2. The molecule has 0 rings (SSSR count). The lowest BCUT2D eigenvalue weighted by Gasteiger charge is -2.23. The number of unbranched alkanes of at least 4 members (excludes halogenated alkanes) is 2. The molecule has 3 N–H and O–H groups in total. The maximum Gasteiger partial charge on any atom is 0.415 e. The number of primary amides is 1. The molecule has 0 spiro atoms. The lowest BCUT2D eigenvalue weighted by molar-refractivity contribution is 0.157. The average molecular weight is 278 g/mol. The molecule has 0 aromatic carbocycles. The number of carbonyl (C=O) groups is 2. The van der Waals surface area contributed by atoms with E-state index in [2.05, 4.69) is 0 Å². The highest BCUT2D eigenvalue weighted by Crippen LogP contribution is 2.47. The summed E-state index contributed by atoms with van der Waals surface area (Å²) in [6.07, 6.45) is 2.58. The first-order chi connectivity index (χ1) is 8.36. The van der Waals surface area contributed by atoms with Crippen LogP contribution < -0.4 is 5.73 Å². The second-order valence-electron chi connectivity index (χ2n) is 4.40. The van der Waals surface area contributed by atoms with E-state index in [9.17, 15) is 14.2 Å². The monoisotopic (exact) mass is 278 g/mol. The quantitative estimate of drug-likeness (QED) is 0.666. The lowest BCUT2D eigenvalue weighted by Crippen LogP contribution is -2.40. The molecule has 0 unspecified atom stereocenters. The molecule has 0 fully saturated rings. The van der Waals surface area contributed by atoms with Crippen LogP contribution in [0.25, 0.3) is 0 Å². The maximum absolute atomic E-state index is 12.6. The molecule has 0 aliphatic carbocycles. The molecule has 106 valence electrons. The van der Waals surface area contributed by atoms with Gasteiger partial charge in [0.15, 0.2) is 0 Å². The molecule has 3 amide bonds. The largest absolute Gasteiger partial charge is 0.465 e. The van der Waals surface area contributed by atoms with Crippen LogP contribution in [-0.2, 0) is 4.57 Å². The predicted octanol–water partition coefficient (Wildman–Crippen LogP) is 2.97. The number of hydrogen-bond acceptors (Lipinski definition) is 3. The molecule has 7 heteroatoms. The lowest BCUT2D eigenvalue weighted by atomic mass is 10.4. The van der Waals surface area contributed by atoms with Crippen LogP contribution in [0, 0.1) is 0 Å². The first-order valence-electron chi connectivity index (χ1n) is 6.23. The Morgan fingerprint density at radius 1 is 1.17 bits per heavy atom. The van der Waals surface area contributed by atoms with Crippen molar-refractivity contribution in [3.8, 4) is 0 Å². The zero-order valence-corrected chi connectivity index (χ0v) is 12.0. The third-order valence-electron chi connectivity index (χ3n) is 2.73. The zero-order valence-electron chi connectivity index (χ0n) is 11.1. The highest BCUT2D eigenvalue weighted by Gasteiger charge is 2.29. The van der Waals surface area contributed by atoms with Gasteiger partial charge in [0, 0.05) is 12.3 Å². The molecule has 0 atom stereocenters. The van der Waals surface area contributed by atoms with Gasteiger partial charge >= 0.3 is 12.1 Å². The van der Waals surface area contributed by atoms with Gasteiger partial charge in [0.1, 0.15) is 7.14 Å². The van der Waals surface area contributed by atoms with Gasteiger partial charge in [-0.3, -0.25) is 0 Å². The number of nitrogens with zero attached hydrogens (tertiary/aromatic N) is 1. The minimum atomic E-state index is -2.67. The van der Waals surface area contributed by atoms with E-state index < -0.39 is 19.3 Å². The minimum Gasteiger partial charge on any atom is -0.465 e. The van der Waals surface area contributed by atoms with Crippen molar-refractivity contribution >= 4 is 19.3 Å². The Morgan fingerprint density at radius 3 is 1.89 bits per heavy atom. The van der Waals surface area contributed by atoms with E-state index >= 15 is 0 Å². The van der Waals surface area contributed by atoms with E-state index in [4.69, 9.17) is 10.8 Å². The van der Waals surface area contributed by atoms with Crippen LogP contribution >= 0.6 is 7.14 Å². The van der Waals surface area contributed by atoms with Gasteiger partial charge in [0.2, 0.25) is 0 Å². The number of rotatable bonds is 8. The molecule has 0 saturated carbocycles. The smallest absolute Gasteiger partial charge is 0.415 e. The van der Waals surface area contributed by atoms with Crippen molar-refractivity contribution in [2.24, 2.45) is 5.73 Å². The molecule has 0 heterocycles. The van der Waals surface area contributed by atoms with Crippen molar-refractivity contribution in [1.82, 2.24) is 4.90 Å². The van der Waals surface area contributed by atoms with Crippen LogP contribution in [-0.4, -0.2) is 40.7 Å². The third kappa shape index (κ3) is 6.05. The summed E-state index contributed by atoms with van der Waals surface area (Å²) >= 11 is 0. The summed E-state index contributed by atoms with van der Waals surface area (Å²) in [4.78, 5) is 22.3. The fourth-order valence-electron chi connectivity index (χ4n) is 1.63. The van der Waals surface area contributed by atoms with Gasteiger partial charge < -0.3 is 15.4 Å². The summed E-state index contributed by atoms with van der Waals surface area (Å²) in [7, 11) is -2.67. The van der Waals surface area contributed by atoms with Crippen LogP contribution in [0.3, 0.4) is 0 Å². The van der Waals surface area contributed by atoms with E-state index in [1.165, 1.54) is 0 Å². The topological polar surface area (TPSA) is 101 Å². The molecular weight excluding hydrogens is 255 g/mol. The number of hydrogen-bond donors (Lipinski definition) is 2. The zero-order chi connectivity index (χ0) is 14.2. The van der Waals surface area contributed by atoms with E-state index in [-0.39, 0.29) is 6.29 Å². The van der Waals surface area contributed by atoms with Crippen LogP contribution in [0.15, 0.2) is 0 Å². The fraction of sp³-hybridized carbons (Fsp3) is 0.818. The first-order valence-corrected chi connectivity index (χ1v) is 8.49. The number of carboxylic acid groups (broad SMARTS) is 1. The Balaban J connectivity index is 4.78. The van der Waals surface area contributed by atoms with Crippen molar-refractivity contribution < 1.29 is 19.3 Å². The van der Waals surface area contributed by atoms with E-state index in [1.54, 1.807) is 0 Å². The van der Waals surface area contributed by atoms with Crippen molar-refractivity contribution in [2.45, 2.75) is 39.5 Å². The second-order valence-corrected chi connectivity index (χ2v) is 7.70. The van der Waals surface area contributed by atoms with Crippen LogP contribution in [0.5, 0.6) is 0 Å². The minimum absolute atomic E-state index is 0.252. The van der Waals surface area contributed by atoms with Crippen LogP contribution in [0.2, 0.25) is 0 Å². The summed E-state index contributed by atoms with van der Waals surface area (Å²) in [5.74, 6) is 0. The van der Waals surface area contributed by atoms with Gasteiger partial charge in [-0.05, 0) is 12.8 Å². The Kier molecular flexibility index (Phi) is 7.67. The van der Waals surface area contributed by atoms with E-state index in [1.807, 2.05) is 13.8 Å². The van der Waals surface area contributed by atoms with Crippen molar-refractivity contribution in [3.63, 3.8) is 0 Å². The van der Waals surface area contributed by atoms with Gasteiger partial charge in [-0.2, -0.15) is 0 Å². The van der Waals surface area contributed by atoms with Gasteiger partial charge in [-0.1, -0.05) is 26.7 Å². The first kappa shape index (κ1) is 17.0. The molecule has 0 saturated heterocycles. The summed E-state index contributed by atoms with van der Waals surface area (Å²) in [5.41, 5.74) is 4.99. The van der Waals surface area contributed by atoms with E-state index in [0.717, 1.165) is 25.7 Å². The Hall–Kier alpha value is -1.03. The predicted molar refractivity (Wildman–Crippen MR) is 71.5 cm³/mol. The fourth-order valence-corrected chi connectivity index (χ4v) is 4.70. The number of nitrogens with two attached hydrogens (primary N) is 1. The third-order valence-corrected chi connectivity index (χ3v) is 5.80. The maximum atomic E-state index is 12.6. The van der Waals surface area contributed by atoms with Gasteiger partial charge in [0.25, 0.3) is 0 Å². The molecule has 0 radical (unpaired) electrons. The normalized spacial score (nSPS) is 11.2. The molecule has 18 heavy (non-hydrogen) atoms. The number of carbonyl (C=O) groups excluding carboxylic acids is 1. The van der Waals surface area contributed by atoms with E-state index in [0.29, 0.717) is 17.2 Å². The number of amides is 3. The molecule has 0 aromatic heterocycles. The van der Waals surface area contributed by atoms with Crippen LogP contribution in [0.1, 0.15) is 39.5 Å². The average Bonchev–Trinajstić information content (AvgIpc) is 2.30. The van der Waals surface area contributed by atoms with Crippen molar-refractivity contribution in [1.29, 1.82) is 0 Å². The summed E-state index contributed by atoms with van der Waals surface area (Å²) < 4.78 is 12.6. The standard InChI is InChI=1S/C11H23N2O4P/c1-3-5-7-18(17,8-6-4-2)9-13(10(12)14)11(15)16/h3-9H2,1-2H3,(H2,12,14)(H,15,16). The molecule has 0 aliphatic rings. The summed E-state index contributed by atoms with van der Waals surface area (Å²) in [6.45, 7) is 3.96. The number of urea groups is 1. The molecule has 6 nitrogen and oxygen atoms in total. The molecular formula is C11H23N2O4P. The SMILES string of the molecule is CCCCP(=O)(CCCC)CN(C(N)=O)C(=O)O.